The van der Waals surface area contributed by atoms with Crippen LogP contribution in [0.3, 0.4) is 0 Å². The van der Waals surface area contributed by atoms with Gasteiger partial charge in [0.2, 0.25) is 0 Å². The summed E-state index contributed by atoms with van der Waals surface area (Å²) in [5.74, 6) is 0.0176. The molecule has 78 valence electrons. The van der Waals surface area contributed by atoms with E-state index in [2.05, 4.69) is 10.1 Å². The average Bonchev–Trinajstić information content (AvgIpc) is 2.66. The van der Waals surface area contributed by atoms with Crippen molar-refractivity contribution >= 4 is 0 Å². The van der Waals surface area contributed by atoms with Crippen LogP contribution < -0.4 is 0 Å². The summed E-state index contributed by atoms with van der Waals surface area (Å²) in [6.07, 6.45) is -0.795. The van der Waals surface area contributed by atoms with Crippen molar-refractivity contribution in [2.24, 2.45) is 0 Å². The molecular weight excluding hydrogens is 199 g/mol. The quantitative estimate of drug-likeness (QED) is 0.819. The molecule has 5 heteroatoms. The van der Waals surface area contributed by atoms with E-state index in [9.17, 15) is 9.50 Å². The van der Waals surface area contributed by atoms with Gasteiger partial charge in [-0.3, -0.25) is 0 Å². The molecule has 1 atom stereocenters. The van der Waals surface area contributed by atoms with Crippen LogP contribution >= 0.6 is 0 Å². The van der Waals surface area contributed by atoms with Gasteiger partial charge in [-0.15, -0.1) is 0 Å². The Morgan fingerprint density at radius 1 is 1.47 bits per heavy atom. The summed E-state index contributed by atoms with van der Waals surface area (Å²) in [6.45, 7) is 1.53. The van der Waals surface area contributed by atoms with E-state index in [1.807, 2.05) is 0 Å². The molecule has 0 fully saturated rings. The van der Waals surface area contributed by atoms with Crippen molar-refractivity contribution in [1.82, 2.24) is 10.1 Å². The lowest BCUT2D eigenvalue weighted by Gasteiger charge is -1.94. The zero-order chi connectivity index (χ0) is 10.8. The Balaban J connectivity index is 2.37. The summed E-state index contributed by atoms with van der Waals surface area (Å²) in [5.41, 5.74) is 0.495. The van der Waals surface area contributed by atoms with Gasteiger partial charge in [0.25, 0.3) is 5.89 Å². The van der Waals surface area contributed by atoms with Crippen LogP contribution in [-0.2, 0) is 0 Å². The van der Waals surface area contributed by atoms with E-state index in [1.165, 1.54) is 19.1 Å². The molecule has 0 amide bonds. The third-order valence-electron chi connectivity index (χ3n) is 1.89. The number of aliphatic hydroxyl groups is 1. The Morgan fingerprint density at radius 3 is 2.87 bits per heavy atom. The molecule has 1 unspecified atom stereocenters. The first-order valence-corrected chi connectivity index (χ1v) is 4.44. The number of nitrogens with zero attached hydrogens (tertiary/aromatic N) is 2. The Labute approximate surface area is 85.4 Å². The first kappa shape index (κ1) is 9.79. The van der Waals surface area contributed by atoms with E-state index in [0.29, 0.717) is 5.56 Å². The number of aliphatic hydroxyl groups excluding tert-OH is 1. The summed E-state index contributed by atoms with van der Waals surface area (Å²) in [4.78, 5) is 3.93. The van der Waals surface area contributed by atoms with Crippen molar-refractivity contribution in [1.29, 1.82) is 0 Å². The topological polar surface area (TPSA) is 59.2 Å². The molecule has 4 nitrogen and oxygen atoms in total. The molecular formula is C10H9FN2O2. The number of rotatable bonds is 2. The van der Waals surface area contributed by atoms with E-state index >= 15 is 0 Å². The molecule has 2 aromatic rings. The number of halogens is 1. The lowest BCUT2D eigenvalue weighted by molar-refractivity contribution is 0.184. The molecule has 0 aliphatic carbocycles. The van der Waals surface area contributed by atoms with Crippen LogP contribution in [0.1, 0.15) is 18.9 Å². The minimum absolute atomic E-state index is 0.189. The molecule has 0 saturated carbocycles. The Hall–Kier alpha value is -1.75. The van der Waals surface area contributed by atoms with Crippen LogP contribution in [0, 0.1) is 5.82 Å². The molecule has 1 heterocycles. The van der Waals surface area contributed by atoms with Crippen molar-refractivity contribution in [2.45, 2.75) is 13.0 Å². The molecule has 0 aliphatic heterocycles. The van der Waals surface area contributed by atoms with Crippen molar-refractivity contribution in [3.8, 4) is 11.5 Å². The fourth-order valence-electron chi connectivity index (χ4n) is 1.14. The third-order valence-corrected chi connectivity index (χ3v) is 1.89. The highest BCUT2D eigenvalue weighted by Crippen LogP contribution is 2.19. The normalized spacial score (nSPS) is 12.7. The molecule has 0 aliphatic rings. The molecule has 0 spiro atoms. The SMILES string of the molecule is CC(O)c1noc(-c2cccc(F)c2)n1. The van der Waals surface area contributed by atoms with E-state index in [1.54, 1.807) is 12.1 Å². The van der Waals surface area contributed by atoms with Crippen LogP contribution in [0.15, 0.2) is 28.8 Å². The maximum absolute atomic E-state index is 12.9. The van der Waals surface area contributed by atoms with Gasteiger partial charge in [0.1, 0.15) is 11.9 Å². The fraction of sp³-hybridized carbons (Fsp3) is 0.200. The van der Waals surface area contributed by atoms with Gasteiger partial charge in [0.15, 0.2) is 5.82 Å². The third kappa shape index (κ3) is 2.02. The highest BCUT2D eigenvalue weighted by atomic mass is 19.1. The first-order chi connectivity index (χ1) is 7.16. The largest absolute Gasteiger partial charge is 0.385 e. The van der Waals surface area contributed by atoms with Crippen LogP contribution in [0.25, 0.3) is 11.5 Å². The lowest BCUT2D eigenvalue weighted by atomic mass is 10.2. The van der Waals surface area contributed by atoms with Crippen molar-refractivity contribution in [3.63, 3.8) is 0 Å². The zero-order valence-electron chi connectivity index (χ0n) is 8.01. The van der Waals surface area contributed by atoms with Crippen molar-refractivity contribution in [2.75, 3.05) is 0 Å². The molecule has 1 aromatic heterocycles. The molecule has 0 saturated heterocycles. The maximum Gasteiger partial charge on any atom is 0.258 e. The molecule has 1 N–H and O–H groups in total. The lowest BCUT2D eigenvalue weighted by Crippen LogP contribution is -1.92. The second kappa shape index (κ2) is 3.78. The zero-order valence-corrected chi connectivity index (χ0v) is 8.01. The van der Waals surface area contributed by atoms with Gasteiger partial charge in [-0.2, -0.15) is 4.98 Å². The molecule has 1 aromatic carbocycles. The highest BCUT2D eigenvalue weighted by molar-refractivity contribution is 5.52. The van der Waals surface area contributed by atoms with Crippen LogP contribution in [0.4, 0.5) is 4.39 Å². The van der Waals surface area contributed by atoms with Gasteiger partial charge in [-0.05, 0) is 25.1 Å². The molecule has 2 rings (SSSR count). The van der Waals surface area contributed by atoms with Crippen molar-refractivity contribution in [3.05, 3.63) is 35.9 Å². The molecule has 0 bridgehead atoms. The van der Waals surface area contributed by atoms with Crippen molar-refractivity contribution < 1.29 is 14.0 Å². The predicted molar refractivity (Wildman–Crippen MR) is 50.3 cm³/mol. The summed E-state index contributed by atoms with van der Waals surface area (Å²) >= 11 is 0. The number of aromatic nitrogens is 2. The van der Waals surface area contributed by atoms with Crippen LogP contribution in [0.5, 0.6) is 0 Å². The van der Waals surface area contributed by atoms with E-state index in [0.717, 1.165) is 0 Å². The van der Waals surface area contributed by atoms with Gasteiger partial charge < -0.3 is 9.63 Å². The molecule has 0 radical (unpaired) electrons. The number of benzene rings is 1. The minimum Gasteiger partial charge on any atom is -0.385 e. The van der Waals surface area contributed by atoms with E-state index in [4.69, 9.17) is 4.52 Å². The van der Waals surface area contributed by atoms with Crippen LogP contribution in [0.2, 0.25) is 0 Å². The highest BCUT2D eigenvalue weighted by Gasteiger charge is 2.12. The van der Waals surface area contributed by atoms with Gasteiger partial charge in [-0.25, -0.2) is 4.39 Å². The number of hydrogen-bond donors (Lipinski definition) is 1. The Kier molecular flexibility index (Phi) is 2.47. The summed E-state index contributed by atoms with van der Waals surface area (Å²) < 4.78 is 17.8. The summed E-state index contributed by atoms with van der Waals surface area (Å²) in [7, 11) is 0. The Morgan fingerprint density at radius 2 is 2.27 bits per heavy atom. The fourth-order valence-corrected chi connectivity index (χ4v) is 1.14. The minimum atomic E-state index is -0.795. The van der Waals surface area contributed by atoms with Gasteiger partial charge in [-0.1, -0.05) is 11.2 Å². The first-order valence-electron chi connectivity index (χ1n) is 4.44. The van der Waals surface area contributed by atoms with E-state index < -0.39 is 6.10 Å². The Bertz CT molecular complexity index is 468. The smallest absolute Gasteiger partial charge is 0.258 e. The summed E-state index contributed by atoms with van der Waals surface area (Å²) in [6, 6.07) is 5.83. The van der Waals surface area contributed by atoms with Gasteiger partial charge >= 0.3 is 0 Å². The second-order valence-corrected chi connectivity index (χ2v) is 3.14. The van der Waals surface area contributed by atoms with Gasteiger partial charge in [0, 0.05) is 5.56 Å². The predicted octanol–water partition coefficient (Wildman–Crippen LogP) is 1.93. The number of hydrogen-bond acceptors (Lipinski definition) is 4. The summed E-state index contributed by atoms with van der Waals surface area (Å²) in [5, 5.41) is 12.7. The standard InChI is InChI=1S/C10H9FN2O2/c1-6(14)9-12-10(15-13-9)7-3-2-4-8(11)5-7/h2-6,14H,1H3. The second-order valence-electron chi connectivity index (χ2n) is 3.14. The maximum atomic E-state index is 12.9. The monoisotopic (exact) mass is 208 g/mol. The average molecular weight is 208 g/mol. The molecule has 15 heavy (non-hydrogen) atoms. The van der Waals surface area contributed by atoms with Gasteiger partial charge in [0.05, 0.1) is 0 Å². The van der Waals surface area contributed by atoms with E-state index in [-0.39, 0.29) is 17.5 Å². The van der Waals surface area contributed by atoms with Crippen LogP contribution in [-0.4, -0.2) is 15.2 Å².